The van der Waals surface area contributed by atoms with Crippen LogP contribution in [0.5, 0.6) is 0 Å². The normalized spacial score (nSPS) is 10.1. The van der Waals surface area contributed by atoms with Gasteiger partial charge in [-0.05, 0) is 18.2 Å². The number of carbonyl (C=O) groups excluding carboxylic acids is 2. The molecule has 0 aliphatic rings. The number of hydrogen-bond donors (Lipinski definition) is 3. The molecule has 0 unspecified atom stereocenters. The number of benzene rings is 1. The molecule has 0 aliphatic carbocycles. The molecule has 3 aromatic rings. The Morgan fingerprint density at radius 3 is 2.56 bits per heavy atom. The molecule has 0 saturated carbocycles. The molecule has 9 heteroatoms. The number of para-hydroxylation sites is 2. The predicted octanol–water partition coefficient (Wildman–Crippen LogP) is 2.45. The van der Waals surface area contributed by atoms with Crippen LogP contribution in [0.15, 0.2) is 61.2 Å². The lowest BCUT2D eigenvalue weighted by atomic mass is 10.2. The van der Waals surface area contributed by atoms with E-state index in [2.05, 4.69) is 25.6 Å². The largest absolute Gasteiger partial charge is 0.444 e. The lowest BCUT2D eigenvalue weighted by molar-refractivity contribution is 0.102. The smallest absolute Gasteiger partial charge is 0.413 e. The molecule has 136 valence electrons. The van der Waals surface area contributed by atoms with Gasteiger partial charge in [0.2, 0.25) is 0 Å². The van der Waals surface area contributed by atoms with E-state index in [1.807, 2.05) is 0 Å². The second-order valence-corrected chi connectivity index (χ2v) is 5.39. The van der Waals surface area contributed by atoms with Crippen molar-refractivity contribution in [3.63, 3.8) is 0 Å². The Morgan fingerprint density at radius 2 is 1.85 bits per heavy atom. The van der Waals surface area contributed by atoms with Gasteiger partial charge in [-0.15, -0.1) is 0 Å². The molecular formula is C18H16N6O3. The zero-order valence-electron chi connectivity index (χ0n) is 14.1. The number of pyridine rings is 1. The quantitative estimate of drug-likeness (QED) is 0.592. The Kier molecular flexibility index (Phi) is 5.53. The minimum atomic E-state index is -0.692. The second kappa shape index (κ2) is 8.39. The Morgan fingerprint density at radius 1 is 1.00 bits per heavy atom. The monoisotopic (exact) mass is 364 g/mol. The van der Waals surface area contributed by atoms with E-state index in [1.54, 1.807) is 48.8 Å². The molecular weight excluding hydrogens is 348 g/mol. The fourth-order valence-corrected chi connectivity index (χ4v) is 2.08. The van der Waals surface area contributed by atoms with Gasteiger partial charge in [0.15, 0.2) is 5.82 Å². The van der Waals surface area contributed by atoms with Crippen molar-refractivity contribution in [1.29, 1.82) is 0 Å². The summed E-state index contributed by atoms with van der Waals surface area (Å²) in [6.45, 7) is 0.0755. The van der Waals surface area contributed by atoms with E-state index in [4.69, 9.17) is 10.5 Å². The van der Waals surface area contributed by atoms with Gasteiger partial charge in [0.05, 0.1) is 23.8 Å². The fraction of sp³-hybridized carbons (Fsp3) is 0.0556. The first-order chi connectivity index (χ1) is 13.1. The van der Waals surface area contributed by atoms with Gasteiger partial charge in [0.1, 0.15) is 12.3 Å². The van der Waals surface area contributed by atoms with Crippen LogP contribution < -0.4 is 16.4 Å². The minimum Gasteiger partial charge on any atom is -0.444 e. The lowest BCUT2D eigenvalue weighted by Gasteiger charge is -2.08. The Balaban J connectivity index is 1.54. The third-order valence-corrected chi connectivity index (χ3v) is 3.42. The maximum absolute atomic E-state index is 12.2. The molecule has 0 spiro atoms. The van der Waals surface area contributed by atoms with Crippen molar-refractivity contribution < 1.29 is 14.3 Å². The van der Waals surface area contributed by atoms with Gasteiger partial charge in [-0.1, -0.05) is 18.2 Å². The molecule has 0 saturated heterocycles. The molecule has 0 aliphatic heterocycles. The Hall–Kier alpha value is -4.01. The number of hydrogen-bond acceptors (Lipinski definition) is 7. The number of ether oxygens (including phenoxy) is 1. The summed E-state index contributed by atoms with van der Waals surface area (Å²) in [6, 6.07) is 10.4. The zero-order valence-corrected chi connectivity index (χ0v) is 14.1. The van der Waals surface area contributed by atoms with Gasteiger partial charge in [0, 0.05) is 18.0 Å². The molecule has 3 rings (SSSR count). The Labute approximate surface area is 154 Å². The average molecular weight is 364 g/mol. The fourth-order valence-electron chi connectivity index (χ4n) is 2.08. The van der Waals surface area contributed by atoms with Gasteiger partial charge in [-0.3, -0.25) is 15.1 Å². The standard InChI is InChI=1S/C18H16N6O3/c19-13-5-1-2-6-14(13)23-17(25)15-9-22-16(10-21-15)24-18(26)27-11-12-4-3-7-20-8-12/h1-10H,11,19H2,(H,23,25)(H,22,24,26). The van der Waals surface area contributed by atoms with E-state index >= 15 is 0 Å². The molecule has 0 radical (unpaired) electrons. The number of rotatable bonds is 5. The topological polar surface area (TPSA) is 132 Å². The van der Waals surface area contributed by atoms with Crippen molar-refractivity contribution in [2.24, 2.45) is 0 Å². The van der Waals surface area contributed by atoms with Gasteiger partial charge >= 0.3 is 6.09 Å². The van der Waals surface area contributed by atoms with E-state index in [0.717, 1.165) is 5.56 Å². The summed E-state index contributed by atoms with van der Waals surface area (Å²) in [6.07, 6.45) is 5.03. The van der Waals surface area contributed by atoms with E-state index in [9.17, 15) is 9.59 Å². The van der Waals surface area contributed by atoms with Crippen LogP contribution in [-0.4, -0.2) is 27.0 Å². The molecule has 1 aromatic carbocycles. The minimum absolute atomic E-state index is 0.0755. The van der Waals surface area contributed by atoms with Crippen molar-refractivity contribution >= 4 is 29.2 Å². The lowest BCUT2D eigenvalue weighted by Crippen LogP contribution is -2.17. The molecule has 0 fully saturated rings. The van der Waals surface area contributed by atoms with Crippen molar-refractivity contribution in [3.05, 3.63) is 72.4 Å². The highest BCUT2D eigenvalue weighted by atomic mass is 16.5. The highest BCUT2D eigenvalue weighted by Crippen LogP contribution is 2.17. The highest BCUT2D eigenvalue weighted by molar-refractivity contribution is 6.04. The van der Waals surface area contributed by atoms with Gasteiger partial charge in [0.25, 0.3) is 5.91 Å². The maximum atomic E-state index is 12.2. The van der Waals surface area contributed by atoms with Gasteiger partial charge in [-0.25, -0.2) is 14.8 Å². The SMILES string of the molecule is Nc1ccccc1NC(=O)c1cnc(NC(=O)OCc2cccnc2)cn1. The number of nitrogen functional groups attached to an aromatic ring is 1. The summed E-state index contributed by atoms with van der Waals surface area (Å²) < 4.78 is 5.05. The van der Waals surface area contributed by atoms with Crippen LogP contribution >= 0.6 is 0 Å². The number of nitrogens with two attached hydrogens (primary N) is 1. The van der Waals surface area contributed by atoms with Crippen LogP contribution in [0.2, 0.25) is 0 Å². The van der Waals surface area contributed by atoms with Crippen LogP contribution in [0.3, 0.4) is 0 Å². The van der Waals surface area contributed by atoms with E-state index in [1.165, 1.54) is 12.4 Å². The van der Waals surface area contributed by atoms with Crippen LogP contribution in [0.25, 0.3) is 0 Å². The molecule has 2 aromatic heterocycles. The first-order valence-electron chi connectivity index (χ1n) is 7.92. The van der Waals surface area contributed by atoms with Crippen LogP contribution in [0.4, 0.5) is 22.0 Å². The van der Waals surface area contributed by atoms with E-state index in [-0.39, 0.29) is 18.1 Å². The summed E-state index contributed by atoms with van der Waals surface area (Å²) in [5, 5.41) is 5.07. The number of nitrogens with zero attached hydrogens (tertiary/aromatic N) is 3. The third kappa shape index (κ3) is 4.98. The molecule has 27 heavy (non-hydrogen) atoms. The number of nitrogens with one attached hydrogen (secondary N) is 2. The average Bonchev–Trinajstić information content (AvgIpc) is 2.69. The van der Waals surface area contributed by atoms with Gasteiger partial charge < -0.3 is 15.8 Å². The Bertz CT molecular complexity index is 931. The molecule has 2 heterocycles. The second-order valence-electron chi connectivity index (χ2n) is 5.39. The number of amides is 2. The first kappa shape index (κ1) is 17.8. The third-order valence-electron chi connectivity index (χ3n) is 3.42. The zero-order chi connectivity index (χ0) is 19.1. The van der Waals surface area contributed by atoms with Crippen molar-refractivity contribution in [1.82, 2.24) is 15.0 Å². The first-order valence-corrected chi connectivity index (χ1v) is 7.92. The van der Waals surface area contributed by atoms with Crippen molar-refractivity contribution in [2.75, 3.05) is 16.4 Å². The summed E-state index contributed by atoms with van der Waals surface area (Å²) in [5.41, 5.74) is 7.53. The summed E-state index contributed by atoms with van der Waals surface area (Å²) in [4.78, 5) is 35.8. The molecule has 2 amide bonds. The molecule has 0 bridgehead atoms. The van der Waals surface area contributed by atoms with Crippen LogP contribution in [0.1, 0.15) is 16.1 Å². The summed E-state index contributed by atoms with van der Waals surface area (Å²) in [7, 11) is 0. The molecule has 9 nitrogen and oxygen atoms in total. The van der Waals surface area contributed by atoms with Gasteiger partial charge in [-0.2, -0.15) is 0 Å². The molecule has 4 N–H and O–H groups in total. The van der Waals surface area contributed by atoms with Crippen LogP contribution in [0, 0.1) is 0 Å². The maximum Gasteiger partial charge on any atom is 0.413 e. The van der Waals surface area contributed by atoms with Crippen molar-refractivity contribution in [3.8, 4) is 0 Å². The predicted molar refractivity (Wildman–Crippen MR) is 98.9 cm³/mol. The van der Waals surface area contributed by atoms with E-state index < -0.39 is 12.0 Å². The molecule has 0 atom stereocenters. The van der Waals surface area contributed by atoms with Crippen LogP contribution in [-0.2, 0) is 11.3 Å². The summed E-state index contributed by atoms with van der Waals surface area (Å²) >= 11 is 0. The van der Waals surface area contributed by atoms with E-state index in [0.29, 0.717) is 11.4 Å². The highest BCUT2D eigenvalue weighted by Gasteiger charge is 2.11. The number of anilines is 3. The number of carbonyl (C=O) groups is 2. The summed E-state index contributed by atoms with van der Waals surface area (Å²) in [5.74, 6) is -0.312. The van der Waals surface area contributed by atoms with Crippen molar-refractivity contribution in [2.45, 2.75) is 6.61 Å². The number of aromatic nitrogens is 3.